The Balaban J connectivity index is 1.66. The lowest BCUT2D eigenvalue weighted by Crippen LogP contribution is -2.50. The Bertz CT molecular complexity index is 832. The van der Waals surface area contributed by atoms with Gasteiger partial charge in [-0.1, -0.05) is 19.3 Å². The zero-order valence-electron chi connectivity index (χ0n) is 15.7. The van der Waals surface area contributed by atoms with Gasteiger partial charge in [-0.15, -0.1) is 0 Å². The van der Waals surface area contributed by atoms with Crippen LogP contribution in [0.15, 0.2) is 9.31 Å². The summed E-state index contributed by atoms with van der Waals surface area (Å²) in [5.74, 6) is -0.446. The zero-order valence-corrected chi connectivity index (χ0v) is 16.5. The molecule has 1 saturated carbocycles. The number of carboxylic acid groups (broad SMARTS) is 1. The number of carbonyl (C=O) groups is 2. The molecule has 1 amide bonds. The van der Waals surface area contributed by atoms with E-state index in [0.717, 1.165) is 6.42 Å². The molecule has 1 aliphatic heterocycles. The van der Waals surface area contributed by atoms with E-state index in [2.05, 4.69) is 0 Å². The average Bonchev–Trinajstić information content (AvgIpc) is 2.88. The van der Waals surface area contributed by atoms with Gasteiger partial charge < -0.3 is 14.4 Å². The molecule has 0 bridgehead atoms. The van der Waals surface area contributed by atoms with Gasteiger partial charge in [0.2, 0.25) is 15.9 Å². The van der Waals surface area contributed by atoms with Crippen molar-refractivity contribution < 1.29 is 27.5 Å². The van der Waals surface area contributed by atoms with E-state index in [9.17, 15) is 23.1 Å². The summed E-state index contributed by atoms with van der Waals surface area (Å²) in [4.78, 5) is 25.2. The molecule has 1 aromatic rings. The van der Waals surface area contributed by atoms with Gasteiger partial charge in [-0.3, -0.25) is 4.79 Å². The monoisotopic (exact) mass is 398 g/mol. The average molecular weight is 398 g/mol. The Morgan fingerprint density at radius 1 is 1.11 bits per heavy atom. The summed E-state index contributed by atoms with van der Waals surface area (Å²) in [5, 5.41) is 9.37. The van der Waals surface area contributed by atoms with Crippen LogP contribution >= 0.6 is 0 Å². The number of furan rings is 1. The molecule has 2 fully saturated rings. The quantitative estimate of drug-likeness (QED) is 0.785. The van der Waals surface area contributed by atoms with Crippen LogP contribution in [0.4, 0.5) is 0 Å². The van der Waals surface area contributed by atoms with E-state index in [0.29, 0.717) is 25.4 Å². The van der Waals surface area contributed by atoms with Crippen molar-refractivity contribution >= 4 is 21.9 Å². The second-order valence-corrected chi connectivity index (χ2v) is 9.22. The Kier molecular flexibility index (Phi) is 5.62. The molecule has 0 aromatic carbocycles. The van der Waals surface area contributed by atoms with Gasteiger partial charge in [-0.05, 0) is 26.2 Å². The Hall–Kier alpha value is -1.87. The van der Waals surface area contributed by atoms with Crippen molar-refractivity contribution in [3.8, 4) is 0 Å². The van der Waals surface area contributed by atoms with E-state index in [1.807, 2.05) is 0 Å². The Labute approximate surface area is 159 Å². The lowest BCUT2D eigenvalue weighted by Gasteiger charge is -2.34. The van der Waals surface area contributed by atoms with Crippen LogP contribution in [0, 0.1) is 19.8 Å². The fourth-order valence-corrected chi connectivity index (χ4v) is 5.59. The number of sulfonamides is 1. The number of carboxylic acids is 1. The standard InChI is InChI=1S/C18H26N2O6S/c1-12-16(18(22)23)17(13(2)26-12)27(24,25)20-10-8-19(9-11-20)15(21)7-6-14-4-3-5-14/h14H,3-11H2,1-2H3,(H,22,23). The van der Waals surface area contributed by atoms with E-state index in [1.54, 1.807) is 4.90 Å². The number of hydrogen-bond acceptors (Lipinski definition) is 5. The third-order valence-corrected chi connectivity index (χ3v) is 7.65. The van der Waals surface area contributed by atoms with Crippen LogP contribution < -0.4 is 0 Å². The second kappa shape index (κ2) is 7.63. The van der Waals surface area contributed by atoms with Gasteiger partial charge in [-0.2, -0.15) is 4.31 Å². The number of piperazine rings is 1. The zero-order chi connectivity index (χ0) is 19.8. The number of amides is 1. The summed E-state index contributed by atoms with van der Waals surface area (Å²) in [6, 6.07) is 0. The summed E-state index contributed by atoms with van der Waals surface area (Å²) in [6.07, 6.45) is 5.08. The van der Waals surface area contributed by atoms with Crippen LogP contribution in [-0.2, 0) is 14.8 Å². The summed E-state index contributed by atoms with van der Waals surface area (Å²) in [5.41, 5.74) is -0.313. The lowest BCUT2D eigenvalue weighted by molar-refractivity contribution is -0.132. The van der Waals surface area contributed by atoms with Gasteiger partial charge in [0.05, 0.1) is 0 Å². The summed E-state index contributed by atoms with van der Waals surface area (Å²) >= 11 is 0. The molecule has 9 heteroatoms. The molecule has 0 unspecified atom stereocenters. The Morgan fingerprint density at radius 3 is 2.26 bits per heavy atom. The molecule has 3 rings (SSSR count). The van der Waals surface area contributed by atoms with Crippen molar-refractivity contribution in [3.05, 3.63) is 17.1 Å². The van der Waals surface area contributed by atoms with Crippen molar-refractivity contribution in [1.29, 1.82) is 0 Å². The van der Waals surface area contributed by atoms with E-state index in [4.69, 9.17) is 4.42 Å². The third-order valence-electron chi connectivity index (χ3n) is 5.60. The van der Waals surface area contributed by atoms with E-state index >= 15 is 0 Å². The minimum Gasteiger partial charge on any atom is -0.478 e. The van der Waals surface area contributed by atoms with Gasteiger partial charge in [0.1, 0.15) is 22.0 Å². The van der Waals surface area contributed by atoms with Crippen LogP contribution in [0.5, 0.6) is 0 Å². The highest BCUT2D eigenvalue weighted by molar-refractivity contribution is 7.89. The largest absolute Gasteiger partial charge is 0.478 e. The molecule has 0 atom stereocenters. The smallest absolute Gasteiger partial charge is 0.340 e. The number of aryl methyl sites for hydroxylation is 2. The van der Waals surface area contributed by atoms with E-state index in [-0.39, 0.29) is 41.0 Å². The van der Waals surface area contributed by atoms with Crippen molar-refractivity contribution in [3.63, 3.8) is 0 Å². The number of nitrogens with zero attached hydrogens (tertiary/aromatic N) is 2. The molecule has 8 nitrogen and oxygen atoms in total. The number of rotatable bonds is 6. The molecule has 1 aliphatic carbocycles. The highest BCUT2D eigenvalue weighted by Gasteiger charge is 2.37. The first-order chi connectivity index (χ1) is 12.7. The summed E-state index contributed by atoms with van der Waals surface area (Å²) in [6.45, 7) is 3.84. The van der Waals surface area contributed by atoms with Crippen molar-refractivity contribution in [1.82, 2.24) is 9.21 Å². The van der Waals surface area contributed by atoms with Crippen LogP contribution in [-0.4, -0.2) is 60.8 Å². The minimum absolute atomic E-state index is 0.0699. The van der Waals surface area contributed by atoms with Crippen molar-refractivity contribution in [2.75, 3.05) is 26.2 Å². The highest BCUT2D eigenvalue weighted by atomic mass is 32.2. The maximum atomic E-state index is 13.0. The first-order valence-corrected chi connectivity index (χ1v) is 10.8. The fourth-order valence-electron chi connectivity index (χ4n) is 3.80. The fraction of sp³-hybridized carbons (Fsp3) is 0.667. The van der Waals surface area contributed by atoms with Crippen LogP contribution in [0.25, 0.3) is 0 Å². The maximum absolute atomic E-state index is 13.0. The molecule has 150 valence electrons. The number of carbonyl (C=O) groups excluding carboxylic acids is 1. The molecule has 1 N–H and O–H groups in total. The predicted octanol–water partition coefficient (Wildman–Crippen LogP) is 2.01. The normalized spacial score (nSPS) is 19.1. The van der Waals surface area contributed by atoms with Gasteiger partial charge in [-0.25, -0.2) is 13.2 Å². The Morgan fingerprint density at radius 2 is 1.74 bits per heavy atom. The van der Waals surface area contributed by atoms with Gasteiger partial charge in [0.15, 0.2) is 0 Å². The second-order valence-electron chi connectivity index (χ2n) is 7.34. The number of hydrogen-bond donors (Lipinski definition) is 1. The molecule has 1 aromatic heterocycles. The molecule has 0 spiro atoms. The molecular weight excluding hydrogens is 372 g/mol. The summed E-state index contributed by atoms with van der Waals surface area (Å²) in [7, 11) is -4.00. The van der Waals surface area contributed by atoms with Crippen molar-refractivity contribution in [2.45, 2.75) is 50.8 Å². The van der Waals surface area contributed by atoms with Gasteiger partial charge in [0.25, 0.3) is 0 Å². The molecule has 0 radical (unpaired) electrons. The minimum atomic E-state index is -4.00. The van der Waals surface area contributed by atoms with Crippen LogP contribution in [0.3, 0.4) is 0 Å². The molecule has 1 saturated heterocycles. The van der Waals surface area contributed by atoms with Crippen molar-refractivity contribution in [2.24, 2.45) is 5.92 Å². The highest BCUT2D eigenvalue weighted by Crippen LogP contribution is 2.31. The topological polar surface area (TPSA) is 108 Å². The van der Waals surface area contributed by atoms with Gasteiger partial charge in [0, 0.05) is 32.6 Å². The first kappa shape index (κ1) is 19.9. The third kappa shape index (κ3) is 3.89. The molecule has 27 heavy (non-hydrogen) atoms. The molecule has 2 heterocycles. The SMILES string of the molecule is Cc1oc(C)c(S(=O)(=O)N2CCN(C(=O)CCC3CCC3)CC2)c1C(=O)O. The predicted molar refractivity (Wildman–Crippen MR) is 97.1 cm³/mol. The summed E-state index contributed by atoms with van der Waals surface area (Å²) < 4.78 is 32.5. The van der Waals surface area contributed by atoms with Gasteiger partial charge >= 0.3 is 5.97 Å². The lowest BCUT2D eigenvalue weighted by atomic mass is 9.82. The first-order valence-electron chi connectivity index (χ1n) is 9.33. The molecular formula is C18H26N2O6S. The molecule has 2 aliphatic rings. The van der Waals surface area contributed by atoms with E-state index < -0.39 is 16.0 Å². The van der Waals surface area contributed by atoms with Crippen LogP contribution in [0.1, 0.15) is 54.0 Å². The van der Waals surface area contributed by atoms with Crippen LogP contribution in [0.2, 0.25) is 0 Å². The van der Waals surface area contributed by atoms with E-state index in [1.165, 1.54) is 37.4 Å². The number of aromatic carboxylic acids is 1. The maximum Gasteiger partial charge on any atom is 0.340 e.